The maximum absolute atomic E-state index is 13.4. The lowest BCUT2D eigenvalue weighted by molar-refractivity contribution is -0.132. The largest absolute Gasteiger partial charge is 0.368 e. The van der Waals surface area contributed by atoms with Gasteiger partial charge in [-0.15, -0.1) is 11.3 Å². The molecular weight excluding hydrogens is 437 g/mol. The van der Waals surface area contributed by atoms with Gasteiger partial charge in [0.15, 0.2) is 9.84 Å². The van der Waals surface area contributed by atoms with Gasteiger partial charge in [-0.05, 0) is 58.4 Å². The fraction of sp³-hybridized carbons (Fsp3) is 0.591. The second kappa shape index (κ2) is 8.33. The standard InChI is InChI=1S/C22H30FN3O3S2/c1-16-26(21(27)22(2,3)31(16,28)29)9-5-4-8-24-10-12-25(13-11-24)19-15-30-20-14-17(23)6-7-18(19)20/h6-7,14-16H,4-5,8-13H2,1-3H3. The molecule has 6 nitrogen and oxygen atoms in total. The minimum absolute atomic E-state index is 0.197. The predicted molar refractivity (Wildman–Crippen MR) is 124 cm³/mol. The normalized spacial score (nSPS) is 23.7. The first-order chi connectivity index (χ1) is 14.6. The lowest BCUT2D eigenvalue weighted by Crippen LogP contribution is -2.46. The molecule has 1 aromatic carbocycles. The van der Waals surface area contributed by atoms with Gasteiger partial charge in [-0.25, -0.2) is 12.8 Å². The number of nitrogens with zero attached hydrogens (tertiary/aromatic N) is 3. The van der Waals surface area contributed by atoms with Gasteiger partial charge in [0, 0.05) is 48.2 Å². The molecule has 2 fully saturated rings. The van der Waals surface area contributed by atoms with E-state index in [1.54, 1.807) is 24.3 Å². The van der Waals surface area contributed by atoms with Crippen LogP contribution >= 0.6 is 11.3 Å². The molecule has 0 bridgehead atoms. The number of carbonyl (C=O) groups excluding carboxylic acids is 1. The number of thiophene rings is 1. The van der Waals surface area contributed by atoms with Crippen molar-refractivity contribution in [1.82, 2.24) is 9.80 Å². The molecule has 2 aliphatic rings. The van der Waals surface area contributed by atoms with Crippen molar-refractivity contribution >= 4 is 42.9 Å². The minimum Gasteiger partial charge on any atom is -0.368 e. The van der Waals surface area contributed by atoms with E-state index in [-0.39, 0.29) is 11.7 Å². The van der Waals surface area contributed by atoms with E-state index in [1.807, 2.05) is 6.07 Å². The van der Waals surface area contributed by atoms with Gasteiger partial charge < -0.3 is 9.80 Å². The SMILES string of the molecule is CC1N(CCCCN2CCN(c3csc4cc(F)ccc34)CC2)C(=O)C(C)(C)S1(=O)=O. The molecule has 1 aromatic heterocycles. The van der Waals surface area contributed by atoms with E-state index < -0.39 is 20.0 Å². The number of hydrogen-bond acceptors (Lipinski definition) is 6. The number of sulfone groups is 1. The third-order valence-corrected chi connectivity index (χ3v) is 10.4. The lowest BCUT2D eigenvalue weighted by atomic mass is 10.1. The van der Waals surface area contributed by atoms with Crippen molar-refractivity contribution in [2.45, 2.75) is 43.7 Å². The predicted octanol–water partition coefficient (Wildman–Crippen LogP) is 3.32. The summed E-state index contributed by atoms with van der Waals surface area (Å²) in [4.78, 5) is 18.8. The quantitative estimate of drug-likeness (QED) is 0.610. The van der Waals surface area contributed by atoms with Crippen molar-refractivity contribution in [3.8, 4) is 0 Å². The molecule has 2 saturated heterocycles. The molecule has 170 valence electrons. The number of piperazine rings is 1. The van der Waals surface area contributed by atoms with E-state index in [1.165, 1.54) is 30.5 Å². The first kappa shape index (κ1) is 22.5. The summed E-state index contributed by atoms with van der Waals surface area (Å²) < 4.78 is 38.0. The average Bonchev–Trinajstić information content (AvgIpc) is 3.19. The first-order valence-corrected chi connectivity index (χ1v) is 13.2. The Labute approximate surface area is 187 Å². The van der Waals surface area contributed by atoms with Gasteiger partial charge in [-0.2, -0.15) is 0 Å². The van der Waals surface area contributed by atoms with Crippen LogP contribution in [0.1, 0.15) is 33.6 Å². The fourth-order valence-electron chi connectivity index (χ4n) is 4.57. The molecule has 0 aliphatic carbocycles. The number of benzene rings is 1. The number of rotatable bonds is 6. The van der Waals surface area contributed by atoms with Crippen LogP contribution < -0.4 is 4.90 Å². The minimum atomic E-state index is -3.46. The number of carbonyl (C=O) groups is 1. The molecule has 1 atom stereocenters. The monoisotopic (exact) mass is 467 g/mol. The number of anilines is 1. The number of halogens is 1. The molecule has 1 amide bonds. The van der Waals surface area contributed by atoms with Crippen molar-refractivity contribution in [3.05, 3.63) is 29.4 Å². The molecular formula is C22H30FN3O3S2. The molecule has 9 heteroatoms. The van der Waals surface area contributed by atoms with Crippen LogP contribution in [0.4, 0.5) is 10.1 Å². The smallest absolute Gasteiger partial charge is 0.244 e. The molecule has 31 heavy (non-hydrogen) atoms. The highest BCUT2D eigenvalue weighted by Gasteiger charge is 2.56. The molecule has 0 saturated carbocycles. The van der Waals surface area contributed by atoms with Crippen LogP contribution in [0.25, 0.3) is 10.1 Å². The second-order valence-corrected chi connectivity index (χ2v) is 12.7. The van der Waals surface area contributed by atoms with Gasteiger partial charge in [0.05, 0.1) is 5.69 Å². The van der Waals surface area contributed by atoms with Crippen LogP contribution in [0.3, 0.4) is 0 Å². The summed E-state index contributed by atoms with van der Waals surface area (Å²) >= 11 is 1.58. The van der Waals surface area contributed by atoms with Crippen LogP contribution in [0.5, 0.6) is 0 Å². The number of fused-ring (bicyclic) bond motifs is 1. The number of hydrogen-bond donors (Lipinski definition) is 0. The molecule has 0 radical (unpaired) electrons. The Hall–Kier alpha value is -1.71. The summed E-state index contributed by atoms with van der Waals surface area (Å²) in [5.41, 5.74) is 1.19. The van der Waals surface area contributed by atoms with E-state index in [0.717, 1.165) is 55.7 Å². The zero-order valence-corrected chi connectivity index (χ0v) is 19.9. The average molecular weight is 468 g/mol. The van der Waals surface area contributed by atoms with Crippen molar-refractivity contribution in [2.24, 2.45) is 0 Å². The van der Waals surface area contributed by atoms with Gasteiger partial charge in [0.2, 0.25) is 5.91 Å². The Bertz CT molecular complexity index is 1070. The molecule has 1 unspecified atom stereocenters. The van der Waals surface area contributed by atoms with E-state index in [4.69, 9.17) is 0 Å². The van der Waals surface area contributed by atoms with Gasteiger partial charge in [0.25, 0.3) is 0 Å². The number of unbranched alkanes of at least 4 members (excludes halogenated alkanes) is 1. The maximum Gasteiger partial charge on any atom is 0.244 e. The third-order valence-electron chi connectivity index (χ3n) is 6.73. The Morgan fingerprint density at radius 1 is 1.13 bits per heavy atom. The van der Waals surface area contributed by atoms with Crippen LogP contribution in [-0.4, -0.2) is 73.5 Å². The molecule has 0 N–H and O–H groups in total. The Morgan fingerprint density at radius 2 is 1.81 bits per heavy atom. The molecule has 2 aliphatic heterocycles. The topological polar surface area (TPSA) is 60.9 Å². The summed E-state index contributed by atoms with van der Waals surface area (Å²) in [6.07, 6.45) is 1.72. The van der Waals surface area contributed by atoms with Crippen LogP contribution in [0, 0.1) is 5.82 Å². The zero-order chi connectivity index (χ0) is 22.4. The summed E-state index contributed by atoms with van der Waals surface area (Å²) in [5, 5.41) is 2.48. The zero-order valence-electron chi connectivity index (χ0n) is 18.3. The van der Waals surface area contributed by atoms with E-state index >= 15 is 0 Å². The highest BCUT2D eigenvalue weighted by Crippen LogP contribution is 2.35. The Morgan fingerprint density at radius 3 is 2.45 bits per heavy atom. The summed E-state index contributed by atoms with van der Waals surface area (Å²) in [6, 6.07) is 4.98. The van der Waals surface area contributed by atoms with Crippen molar-refractivity contribution < 1.29 is 17.6 Å². The van der Waals surface area contributed by atoms with Gasteiger partial charge >= 0.3 is 0 Å². The van der Waals surface area contributed by atoms with Gasteiger partial charge in [-0.3, -0.25) is 9.69 Å². The molecule has 4 rings (SSSR count). The van der Waals surface area contributed by atoms with Crippen LogP contribution in [0.2, 0.25) is 0 Å². The lowest BCUT2D eigenvalue weighted by Gasteiger charge is -2.36. The molecule has 2 aromatic rings. The van der Waals surface area contributed by atoms with Crippen molar-refractivity contribution in [1.29, 1.82) is 0 Å². The van der Waals surface area contributed by atoms with Gasteiger partial charge in [0.1, 0.15) is 15.9 Å². The third kappa shape index (κ3) is 3.96. The highest BCUT2D eigenvalue weighted by molar-refractivity contribution is 7.94. The fourth-order valence-corrected chi connectivity index (χ4v) is 7.32. The Kier molecular flexibility index (Phi) is 6.04. The first-order valence-electron chi connectivity index (χ1n) is 10.8. The maximum atomic E-state index is 13.4. The summed E-state index contributed by atoms with van der Waals surface area (Å²) in [7, 11) is -3.46. The van der Waals surface area contributed by atoms with Crippen molar-refractivity contribution in [3.63, 3.8) is 0 Å². The van der Waals surface area contributed by atoms with Gasteiger partial charge in [-0.1, -0.05) is 0 Å². The number of amides is 1. The molecule has 3 heterocycles. The van der Waals surface area contributed by atoms with Crippen molar-refractivity contribution in [2.75, 3.05) is 44.2 Å². The summed E-state index contributed by atoms with van der Waals surface area (Å²) in [6.45, 7) is 9.83. The van der Waals surface area contributed by atoms with E-state index in [2.05, 4.69) is 15.2 Å². The van der Waals surface area contributed by atoms with Crippen LogP contribution in [-0.2, 0) is 14.6 Å². The molecule has 0 spiro atoms. The van der Waals surface area contributed by atoms with E-state index in [0.29, 0.717) is 6.54 Å². The second-order valence-electron chi connectivity index (χ2n) is 8.95. The highest BCUT2D eigenvalue weighted by atomic mass is 32.2. The van der Waals surface area contributed by atoms with E-state index in [9.17, 15) is 17.6 Å². The van der Waals surface area contributed by atoms with Crippen LogP contribution in [0.15, 0.2) is 23.6 Å². The summed E-state index contributed by atoms with van der Waals surface area (Å²) in [5.74, 6) is -0.478. The Balaban J connectivity index is 1.24.